The lowest BCUT2D eigenvalue weighted by Gasteiger charge is -2.16. The highest BCUT2D eigenvalue weighted by molar-refractivity contribution is 5.89. The highest BCUT2D eigenvalue weighted by Crippen LogP contribution is 2.55. The number of hydrogen-bond acceptors (Lipinski definition) is 1. The van der Waals surface area contributed by atoms with Crippen LogP contribution in [-0.2, 0) is 17.8 Å². The lowest BCUT2D eigenvalue weighted by Crippen LogP contribution is -2.11. The van der Waals surface area contributed by atoms with E-state index in [1.165, 1.54) is 24.1 Å². The van der Waals surface area contributed by atoms with Crippen molar-refractivity contribution in [3.8, 4) is 0 Å². The van der Waals surface area contributed by atoms with E-state index < -0.39 is 5.97 Å². The van der Waals surface area contributed by atoms with Gasteiger partial charge >= 0.3 is 5.97 Å². The van der Waals surface area contributed by atoms with Crippen LogP contribution in [0, 0.1) is 5.92 Å². The molecule has 1 aromatic carbocycles. The Labute approximate surface area is 105 Å². The topological polar surface area (TPSA) is 42.2 Å². The minimum atomic E-state index is -0.725. The highest BCUT2D eigenvalue weighted by atomic mass is 16.4. The lowest BCUT2D eigenvalue weighted by molar-refractivity contribution is -0.136. The number of nitrogens with zero attached hydrogens (tertiary/aromatic N) is 1. The molecular weight excluding hydrogens is 226 g/mol. The molecule has 1 aromatic heterocycles. The second-order valence-corrected chi connectivity index (χ2v) is 5.49. The van der Waals surface area contributed by atoms with E-state index in [9.17, 15) is 4.79 Å². The predicted molar refractivity (Wildman–Crippen MR) is 68.7 cm³/mol. The van der Waals surface area contributed by atoms with Crippen LogP contribution in [0.25, 0.3) is 10.9 Å². The Morgan fingerprint density at radius 2 is 2.22 bits per heavy atom. The van der Waals surface area contributed by atoms with E-state index in [4.69, 9.17) is 5.11 Å². The van der Waals surface area contributed by atoms with E-state index in [-0.39, 0.29) is 6.42 Å². The Kier molecular flexibility index (Phi) is 1.91. The molecule has 0 amide bonds. The first kappa shape index (κ1) is 10.2. The number of carboxylic acid groups (broad SMARTS) is 1. The Morgan fingerprint density at radius 1 is 1.39 bits per heavy atom. The number of aliphatic carboxylic acids is 1. The first-order valence-electron chi connectivity index (χ1n) is 6.57. The van der Waals surface area contributed by atoms with Crippen molar-refractivity contribution in [2.75, 3.05) is 0 Å². The van der Waals surface area contributed by atoms with Crippen molar-refractivity contribution in [1.82, 2.24) is 4.57 Å². The molecule has 2 aromatic rings. The Morgan fingerprint density at radius 3 is 3.06 bits per heavy atom. The van der Waals surface area contributed by atoms with Gasteiger partial charge in [-0.2, -0.15) is 0 Å². The molecule has 4 rings (SSSR count). The van der Waals surface area contributed by atoms with Gasteiger partial charge < -0.3 is 9.67 Å². The fraction of sp³-hybridized carbons (Fsp3) is 0.400. The maximum Gasteiger partial charge on any atom is 0.307 e. The van der Waals surface area contributed by atoms with Crippen molar-refractivity contribution in [2.45, 2.75) is 31.7 Å². The summed E-state index contributed by atoms with van der Waals surface area (Å²) in [7, 11) is 0. The Hall–Kier alpha value is -1.77. The minimum Gasteiger partial charge on any atom is -0.481 e. The molecule has 0 saturated heterocycles. The van der Waals surface area contributed by atoms with Crippen molar-refractivity contribution in [2.24, 2.45) is 5.92 Å². The van der Waals surface area contributed by atoms with Gasteiger partial charge in [0.1, 0.15) is 0 Å². The van der Waals surface area contributed by atoms with Crippen LogP contribution in [-0.4, -0.2) is 15.6 Å². The molecule has 0 bridgehead atoms. The SMILES string of the molecule is O=C(O)Cc1c2n(c3ccccc13)CCC1CC21. The summed E-state index contributed by atoms with van der Waals surface area (Å²) in [6, 6.07) is 8.23. The molecule has 92 valence electrons. The zero-order valence-electron chi connectivity index (χ0n) is 10.1. The van der Waals surface area contributed by atoms with E-state index in [0.29, 0.717) is 5.92 Å². The third kappa shape index (κ3) is 1.27. The third-order valence-electron chi connectivity index (χ3n) is 4.45. The number of rotatable bonds is 2. The van der Waals surface area contributed by atoms with Gasteiger partial charge in [0.25, 0.3) is 0 Å². The molecule has 2 heterocycles. The minimum absolute atomic E-state index is 0.159. The second-order valence-electron chi connectivity index (χ2n) is 5.49. The molecule has 2 aliphatic rings. The van der Waals surface area contributed by atoms with Gasteiger partial charge in [0.05, 0.1) is 6.42 Å². The first-order valence-corrected chi connectivity index (χ1v) is 6.57. The summed E-state index contributed by atoms with van der Waals surface area (Å²) in [6.45, 7) is 1.05. The van der Waals surface area contributed by atoms with E-state index in [2.05, 4.69) is 16.7 Å². The van der Waals surface area contributed by atoms with Crippen molar-refractivity contribution in [1.29, 1.82) is 0 Å². The average molecular weight is 241 g/mol. The molecule has 3 heteroatoms. The van der Waals surface area contributed by atoms with Gasteiger partial charge in [0.15, 0.2) is 0 Å². The number of fused-ring (bicyclic) bond motifs is 5. The molecule has 1 fully saturated rings. The maximum atomic E-state index is 11.1. The number of benzene rings is 1. The van der Waals surface area contributed by atoms with Crippen molar-refractivity contribution < 1.29 is 9.90 Å². The summed E-state index contributed by atoms with van der Waals surface area (Å²) in [5.74, 6) is 0.715. The van der Waals surface area contributed by atoms with Crippen LogP contribution >= 0.6 is 0 Å². The molecule has 1 aliphatic carbocycles. The Balaban J connectivity index is 2.01. The number of para-hydroxylation sites is 1. The van der Waals surface area contributed by atoms with Crippen LogP contribution in [0.4, 0.5) is 0 Å². The molecule has 1 aliphatic heterocycles. The lowest BCUT2D eigenvalue weighted by atomic mass is 10.0. The summed E-state index contributed by atoms with van der Waals surface area (Å²) >= 11 is 0. The first-order chi connectivity index (χ1) is 8.75. The largest absolute Gasteiger partial charge is 0.481 e. The van der Waals surface area contributed by atoms with E-state index in [0.717, 1.165) is 23.4 Å². The quantitative estimate of drug-likeness (QED) is 0.878. The van der Waals surface area contributed by atoms with Crippen LogP contribution < -0.4 is 0 Å². The van der Waals surface area contributed by atoms with E-state index in [1.807, 2.05) is 12.1 Å². The van der Waals surface area contributed by atoms with Crippen LogP contribution in [0.5, 0.6) is 0 Å². The standard InChI is InChI=1S/C15H15NO2/c17-14(18)8-12-10-3-1-2-4-13(10)16-6-5-9-7-11(9)15(12)16/h1-4,9,11H,5-8H2,(H,17,18). The Bertz CT molecular complexity index is 656. The third-order valence-corrected chi connectivity index (χ3v) is 4.45. The summed E-state index contributed by atoms with van der Waals surface area (Å²) in [6.07, 6.45) is 2.66. The summed E-state index contributed by atoms with van der Waals surface area (Å²) < 4.78 is 2.36. The molecule has 18 heavy (non-hydrogen) atoms. The predicted octanol–water partition coefficient (Wildman–Crippen LogP) is 2.78. The molecule has 0 spiro atoms. The van der Waals surface area contributed by atoms with Gasteiger partial charge in [-0.05, 0) is 30.4 Å². The van der Waals surface area contributed by atoms with Gasteiger partial charge in [-0.3, -0.25) is 4.79 Å². The molecule has 0 radical (unpaired) electrons. The van der Waals surface area contributed by atoms with Crippen LogP contribution in [0.2, 0.25) is 0 Å². The molecule has 2 unspecified atom stereocenters. The average Bonchev–Trinajstić information content (AvgIpc) is 3.09. The van der Waals surface area contributed by atoms with Crippen LogP contribution in [0.3, 0.4) is 0 Å². The maximum absolute atomic E-state index is 11.1. The van der Waals surface area contributed by atoms with Gasteiger partial charge in [-0.25, -0.2) is 0 Å². The number of carbonyl (C=O) groups is 1. The van der Waals surface area contributed by atoms with Gasteiger partial charge in [-0.1, -0.05) is 18.2 Å². The summed E-state index contributed by atoms with van der Waals surface area (Å²) in [5, 5.41) is 10.3. The molecule has 1 saturated carbocycles. The fourth-order valence-electron chi connectivity index (χ4n) is 3.59. The number of carboxylic acids is 1. The van der Waals surface area contributed by atoms with Gasteiger partial charge in [0.2, 0.25) is 0 Å². The monoisotopic (exact) mass is 241 g/mol. The number of aromatic nitrogens is 1. The van der Waals surface area contributed by atoms with Crippen molar-refractivity contribution in [3.63, 3.8) is 0 Å². The number of hydrogen-bond donors (Lipinski definition) is 1. The van der Waals surface area contributed by atoms with Gasteiger partial charge in [-0.15, -0.1) is 0 Å². The van der Waals surface area contributed by atoms with Crippen molar-refractivity contribution in [3.05, 3.63) is 35.5 Å². The zero-order chi connectivity index (χ0) is 12.3. The molecule has 1 N–H and O–H groups in total. The fourth-order valence-corrected chi connectivity index (χ4v) is 3.59. The van der Waals surface area contributed by atoms with E-state index in [1.54, 1.807) is 0 Å². The summed E-state index contributed by atoms with van der Waals surface area (Å²) in [5.41, 5.74) is 3.59. The van der Waals surface area contributed by atoms with Crippen LogP contribution in [0.1, 0.15) is 30.0 Å². The smallest absolute Gasteiger partial charge is 0.307 e. The van der Waals surface area contributed by atoms with E-state index >= 15 is 0 Å². The molecule has 2 atom stereocenters. The zero-order valence-corrected chi connectivity index (χ0v) is 10.1. The summed E-state index contributed by atoms with van der Waals surface area (Å²) in [4.78, 5) is 11.1. The van der Waals surface area contributed by atoms with Gasteiger partial charge in [0, 0.05) is 29.1 Å². The molecule has 3 nitrogen and oxygen atoms in total. The normalized spacial score (nSPS) is 24.7. The van der Waals surface area contributed by atoms with Crippen LogP contribution in [0.15, 0.2) is 24.3 Å². The second kappa shape index (κ2) is 3.37. The van der Waals surface area contributed by atoms with Crippen molar-refractivity contribution >= 4 is 16.9 Å². The number of aryl methyl sites for hydroxylation is 1. The molecular formula is C15H15NO2. The highest BCUT2D eigenvalue weighted by Gasteiger charge is 2.45.